The molecule has 0 fully saturated rings. The molecule has 1 aromatic heterocycles. The predicted octanol–water partition coefficient (Wildman–Crippen LogP) is 4.26. The highest BCUT2D eigenvalue weighted by Gasteiger charge is 2.08. The minimum atomic E-state index is -0.198. The molecule has 0 nitrogen and oxygen atoms in total. The first kappa shape index (κ1) is 8.97. The number of hydrogen-bond acceptors (Lipinski definition) is 1. The highest BCUT2D eigenvalue weighted by atomic mass is 35.5. The summed E-state index contributed by atoms with van der Waals surface area (Å²) >= 11 is 7.53. The van der Waals surface area contributed by atoms with Crippen LogP contribution in [0.3, 0.4) is 0 Å². The van der Waals surface area contributed by atoms with Crippen LogP contribution in [0.5, 0.6) is 0 Å². The number of benzene rings is 1. The van der Waals surface area contributed by atoms with Crippen molar-refractivity contribution in [1.29, 1.82) is 0 Å². The van der Waals surface area contributed by atoms with Gasteiger partial charge in [-0.05, 0) is 30.2 Å². The summed E-state index contributed by atoms with van der Waals surface area (Å²) in [6.07, 6.45) is 0.849. The van der Waals surface area contributed by atoms with E-state index in [0.717, 1.165) is 26.4 Å². The molecule has 0 bridgehead atoms. The van der Waals surface area contributed by atoms with Crippen LogP contribution < -0.4 is 0 Å². The number of halogens is 2. The van der Waals surface area contributed by atoms with Crippen molar-refractivity contribution in [3.8, 4) is 0 Å². The second kappa shape index (κ2) is 3.28. The normalized spacial score (nSPS) is 11.0. The summed E-state index contributed by atoms with van der Waals surface area (Å²) in [5.41, 5.74) is 1.06. The zero-order valence-corrected chi connectivity index (χ0v) is 8.68. The molecule has 0 atom stereocenters. The molecule has 13 heavy (non-hydrogen) atoms. The van der Waals surface area contributed by atoms with Gasteiger partial charge in [0.15, 0.2) is 0 Å². The monoisotopic (exact) mass is 214 g/mol. The van der Waals surface area contributed by atoms with E-state index in [1.807, 2.05) is 6.92 Å². The molecule has 0 unspecified atom stereocenters. The van der Waals surface area contributed by atoms with E-state index in [0.29, 0.717) is 0 Å². The Balaban J connectivity index is 2.80. The van der Waals surface area contributed by atoms with Crippen LogP contribution in [0.15, 0.2) is 18.2 Å². The van der Waals surface area contributed by atoms with E-state index in [1.54, 1.807) is 12.1 Å². The molecule has 0 aliphatic rings. The van der Waals surface area contributed by atoms with Gasteiger partial charge in [0.25, 0.3) is 0 Å². The molecule has 0 saturated heterocycles. The fourth-order valence-corrected chi connectivity index (χ4v) is 2.90. The maximum Gasteiger partial charge on any atom is 0.123 e. The fourth-order valence-electron chi connectivity index (χ4n) is 1.42. The first-order valence-electron chi connectivity index (χ1n) is 4.08. The third kappa shape index (κ3) is 1.45. The summed E-state index contributed by atoms with van der Waals surface area (Å²) < 4.78 is 14.8. The van der Waals surface area contributed by atoms with Crippen molar-refractivity contribution >= 4 is 33.0 Å². The second-order valence-corrected chi connectivity index (χ2v) is 4.50. The molecule has 0 aliphatic carbocycles. The van der Waals surface area contributed by atoms with Crippen LogP contribution in [0, 0.1) is 5.82 Å². The fraction of sp³-hybridized carbons (Fsp3) is 0.200. The zero-order valence-electron chi connectivity index (χ0n) is 7.10. The molecule has 2 aromatic rings. The minimum absolute atomic E-state index is 0.198. The van der Waals surface area contributed by atoms with Crippen molar-refractivity contribution in [2.45, 2.75) is 13.3 Å². The van der Waals surface area contributed by atoms with Gasteiger partial charge in [-0.1, -0.05) is 18.5 Å². The van der Waals surface area contributed by atoms with Gasteiger partial charge in [0.2, 0.25) is 0 Å². The van der Waals surface area contributed by atoms with Crippen molar-refractivity contribution in [3.63, 3.8) is 0 Å². The highest BCUT2D eigenvalue weighted by molar-refractivity contribution is 7.22. The first-order chi connectivity index (χ1) is 6.22. The van der Waals surface area contributed by atoms with E-state index in [4.69, 9.17) is 11.6 Å². The van der Waals surface area contributed by atoms with Crippen molar-refractivity contribution in [2.24, 2.45) is 0 Å². The van der Waals surface area contributed by atoms with E-state index < -0.39 is 0 Å². The van der Waals surface area contributed by atoms with Crippen molar-refractivity contribution in [3.05, 3.63) is 33.9 Å². The van der Waals surface area contributed by atoms with E-state index in [-0.39, 0.29) is 5.82 Å². The first-order valence-corrected chi connectivity index (χ1v) is 5.28. The third-order valence-electron chi connectivity index (χ3n) is 2.06. The number of rotatable bonds is 1. The van der Waals surface area contributed by atoms with Crippen molar-refractivity contribution in [1.82, 2.24) is 0 Å². The van der Waals surface area contributed by atoms with Crippen LogP contribution in [0.4, 0.5) is 4.39 Å². The van der Waals surface area contributed by atoms with Crippen LogP contribution in [-0.2, 0) is 6.42 Å². The molecule has 1 aromatic carbocycles. The third-order valence-corrected chi connectivity index (χ3v) is 3.52. The lowest BCUT2D eigenvalue weighted by Gasteiger charge is -1.94. The SMILES string of the molecule is CCc1c(Cl)sc2ccc(F)cc12. The van der Waals surface area contributed by atoms with Gasteiger partial charge in [-0.2, -0.15) is 0 Å². The Morgan fingerprint density at radius 1 is 1.46 bits per heavy atom. The topological polar surface area (TPSA) is 0 Å². The summed E-state index contributed by atoms with van der Waals surface area (Å²) in [7, 11) is 0. The summed E-state index contributed by atoms with van der Waals surface area (Å²) in [6.45, 7) is 2.03. The van der Waals surface area contributed by atoms with Crippen LogP contribution in [0.1, 0.15) is 12.5 Å². The number of thiophene rings is 1. The zero-order chi connectivity index (χ0) is 9.42. The van der Waals surface area contributed by atoms with Gasteiger partial charge in [0, 0.05) is 10.1 Å². The van der Waals surface area contributed by atoms with Crippen molar-refractivity contribution < 1.29 is 4.39 Å². The quantitative estimate of drug-likeness (QED) is 0.666. The van der Waals surface area contributed by atoms with Crippen LogP contribution in [0.2, 0.25) is 4.34 Å². The van der Waals surface area contributed by atoms with Gasteiger partial charge in [-0.25, -0.2) is 4.39 Å². The van der Waals surface area contributed by atoms with Crippen LogP contribution in [-0.4, -0.2) is 0 Å². The Hall–Kier alpha value is -0.600. The van der Waals surface area contributed by atoms with Gasteiger partial charge in [0.05, 0.1) is 4.34 Å². The van der Waals surface area contributed by atoms with Crippen LogP contribution >= 0.6 is 22.9 Å². The molecule has 1 heterocycles. The average Bonchev–Trinajstić information content (AvgIpc) is 2.40. The lowest BCUT2D eigenvalue weighted by Crippen LogP contribution is -1.78. The molecule has 2 rings (SSSR count). The molecule has 0 N–H and O–H groups in total. The van der Waals surface area contributed by atoms with E-state index in [1.165, 1.54) is 17.4 Å². The van der Waals surface area contributed by atoms with Gasteiger partial charge >= 0.3 is 0 Å². The molecule has 0 spiro atoms. The number of fused-ring (bicyclic) bond motifs is 1. The Bertz CT molecular complexity index is 447. The predicted molar refractivity (Wildman–Crippen MR) is 56.2 cm³/mol. The van der Waals surface area contributed by atoms with E-state index in [9.17, 15) is 4.39 Å². The molecule has 68 valence electrons. The lowest BCUT2D eigenvalue weighted by atomic mass is 10.1. The molecule has 0 aliphatic heterocycles. The Morgan fingerprint density at radius 2 is 2.23 bits per heavy atom. The van der Waals surface area contributed by atoms with Crippen LogP contribution in [0.25, 0.3) is 10.1 Å². The second-order valence-electron chi connectivity index (χ2n) is 2.85. The molecular weight excluding hydrogens is 207 g/mol. The van der Waals surface area contributed by atoms with Crippen molar-refractivity contribution in [2.75, 3.05) is 0 Å². The van der Waals surface area contributed by atoms with E-state index >= 15 is 0 Å². The summed E-state index contributed by atoms with van der Waals surface area (Å²) in [4.78, 5) is 0. The molecule has 0 amide bonds. The molecule has 0 radical (unpaired) electrons. The van der Waals surface area contributed by atoms with Gasteiger partial charge in [0.1, 0.15) is 5.82 Å². The summed E-state index contributed by atoms with van der Waals surface area (Å²) in [5.74, 6) is -0.198. The Labute approximate surface area is 85.0 Å². The number of aryl methyl sites for hydroxylation is 1. The number of hydrogen-bond donors (Lipinski definition) is 0. The average molecular weight is 215 g/mol. The highest BCUT2D eigenvalue weighted by Crippen LogP contribution is 2.35. The summed E-state index contributed by atoms with van der Waals surface area (Å²) in [6, 6.07) is 4.80. The molecule has 0 saturated carbocycles. The molecular formula is C10H8ClFS. The van der Waals surface area contributed by atoms with E-state index in [2.05, 4.69) is 0 Å². The maximum absolute atomic E-state index is 12.9. The molecule has 3 heteroatoms. The lowest BCUT2D eigenvalue weighted by molar-refractivity contribution is 0.629. The van der Waals surface area contributed by atoms with Gasteiger partial charge in [-0.15, -0.1) is 11.3 Å². The maximum atomic E-state index is 12.9. The minimum Gasteiger partial charge on any atom is -0.207 e. The Kier molecular flexibility index (Phi) is 2.26. The summed E-state index contributed by atoms with van der Waals surface area (Å²) in [5, 5.41) is 0.956. The standard InChI is InChI=1S/C10H8ClFS/c1-2-7-8-5-6(12)3-4-9(8)13-10(7)11/h3-5H,2H2,1H3. The smallest absolute Gasteiger partial charge is 0.123 e. The van der Waals surface area contributed by atoms with Gasteiger partial charge < -0.3 is 0 Å². The largest absolute Gasteiger partial charge is 0.207 e. The van der Waals surface area contributed by atoms with Gasteiger partial charge in [-0.3, -0.25) is 0 Å². The Morgan fingerprint density at radius 3 is 2.92 bits per heavy atom.